The highest BCUT2D eigenvalue weighted by molar-refractivity contribution is 7.88. The lowest BCUT2D eigenvalue weighted by molar-refractivity contribution is -0.142. The zero-order chi connectivity index (χ0) is 13.8. The number of nitrogens with two attached hydrogens (primary N) is 1. The SMILES string of the molecule is COC(=O)C(C)NS(=O)(=O)Cc1cccc(N)c1. The number of hydrogen-bond acceptors (Lipinski definition) is 5. The summed E-state index contributed by atoms with van der Waals surface area (Å²) in [4.78, 5) is 11.1. The van der Waals surface area contributed by atoms with Crippen molar-refractivity contribution in [3.63, 3.8) is 0 Å². The minimum Gasteiger partial charge on any atom is -0.468 e. The number of hydrogen-bond donors (Lipinski definition) is 2. The molecular formula is C11H16N2O4S. The van der Waals surface area contributed by atoms with Crippen molar-refractivity contribution < 1.29 is 17.9 Å². The summed E-state index contributed by atoms with van der Waals surface area (Å²) in [7, 11) is -2.41. The Labute approximate surface area is 106 Å². The molecule has 1 unspecified atom stereocenters. The van der Waals surface area contributed by atoms with E-state index in [0.717, 1.165) is 0 Å². The molecule has 0 amide bonds. The number of benzene rings is 1. The largest absolute Gasteiger partial charge is 0.468 e. The smallest absolute Gasteiger partial charge is 0.323 e. The minimum atomic E-state index is -3.61. The van der Waals surface area contributed by atoms with Gasteiger partial charge in [0.1, 0.15) is 6.04 Å². The average Bonchev–Trinajstić information content (AvgIpc) is 2.26. The van der Waals surface area contributed by atoms with Crippen molar-refractivity contribution in [2.24, 2.45) is 0 Å². The van der Waals surface area contributed by atoms with Gasteiger partial charge in [-0.15, -0.1) is 0 Å². The first-order valence-electron chi connectivity index (χ1n) is 5.26. The van der Waals surface area contributed by atoms with Crippen molar-refractivity contribution in [2.75, 3.05) is 12.8 Å². The number of esters is 1. The Bertz CT molecular complexity index is 528. The molecule has 0 heterocycles. The Morgan fingerprint density at radius 1 is 1.50 bits per heavy atom. The van der Waals surface area contributed by atoms with Crippen molar-refractivity contribution in [2.45, 2.75) is 18.7 Å². The third-order valence-corrected chi connectivity index (χ3v) is 3.64. The third kappa shape index (κ3) is 4.34. The van der Waals surface area contributed by atoms with Crippen LogP contribution in [0.4, 0.5) is 5.69 Å². The standard InChI is InChI=1S/C11H16N2O4S/c1-8(11(14)17-2)13-18(15,16)7-9-4-3-5-10(12)6-9/h3-6,8,13H,7,12H2,1-2H3. The van der Waals surface area contributed by atoms with Crippen LogP contribution in [0, 0.1) is 0 Å². The predicted octanol–water partition coefficient (Wildman–Crippen LogP) is 0.250. The lowest BCUT2D eigenvalue weighted by Crippen LogP contribution is -2.39. The van der Waals surface area contributed by atoms with Crippen LogP contribution in [0.25, 0.3) is 0 Å². The van der Waals surface area contributed by atoms with E-state index in [1.54, 1.807) is 24.3 Å². The first-order chi connectivity index (χ1) is 8.34. The summed E-state index contributed by atoms with van der Waals surface area (Å²) in [5.41, 5.74) is 6.60. The van der Waals surface area contributed by atoms with Gasteiger partial charge in [-0.3, -0.25) is 4.79 Å². The summed E-state index contributed by atoms with van der Waals surface area (Å²) in [5, 5.41) is 0. The van der Waals surface area contributed by atoms with E-state index < -0.39 is 22.0 Å². The number of nitrogens with one attached hydrogen (secondary N) is 1. The number of methoxy groups -OCH3 is 1. The minimum absolute atomic E-state index is 0.237. The summed E-state index contributed by atoms with van der Waals surface area (Å²) < 4.78 is 30.2. The first-order valence-corrected chi connectivity index (χ1v) is 6.91. The molecule has 3 N–H and O–H groups in total. The number of sulfonamides is 1. The Morgan fingerprint density at radius 3 is 2.72 bits per heavy atom. The van der Waals surface area contributed by atoms with Gasteiger partial charge in [0.2, 0.25) is 10.0 Å². The van der Waals surface area contributed by atoms with Crippen LogP contribution in [0.2, 0.25) is 0 Å². The Balaban J connectivity index is 2.74. The van der Waals surface area contributed by atoms with Crippen LogP contribution < -0.4 is 10.5 Å². The highest BCUT2D eigenvalue weighted by Crippen LogP contribution is 2.10. The molecule has 0 radical (unpaired) electrons. The molecular weight excluding hydrogens is 256 g/mol. The molecule has 0 aromatic heterocycles. The van der Waals surface area contributed by atoms with E-state index in [1.165, 1.54) is 14.0 Å². The van der Waals surface area contributed by atoms with Crippen LogP contribution in [-0.4, -0.2) is 27.5 Å². The molecule has 0 saturated heterocycles. The molecule has 0 fully saturated rings. The molecule has 6 nitrogen and oxygen atoms in total. The summed E-state index contributed by atoms with van der Waals surface area (Å²) in [5.74, 6) is -0.870. The Kier molecular flexibility index (Phi) is 4.69. The van der Waals surface area contributed by atoms with E-state index in [4.69, 9.17) is 5.73 Å². The van der Waals surface area contributed by atoms with Crippen LogP contribution in [0.5, 0.6) is 0 Å². The molecule has 7 heteroatoms. The second-order valence-corrected chi connectivity index (χ2v) is 5.62. The Morgan fingerprint density at radius 2 is 2.17 bits per heavy atom. The molecule has 0 bridgehead atoms. The summed E-state index contributed by atoms with van der Waals surface area (Å²) in [6.07, 6.45) is 0. The second-order valence-electron chi connectivity index (χ2n) is 3.87. The van der Waals surface area contributed by atoms with Gasteiger partial charge in [0.05, 0.1) is 12.9 Å². The number of carbonyl (C=O) groups is 1. The molecule has 1 atom stereocenters. The second kappa shape index (κ2) is 5.83. The summed E-state index contributed by atoms with van der Waals surface area (Å²) in [6, 6.07) is 5.64. The van der Waals surface area contributed by atoms with Crippen LogP contribution in [0.3, 0.4) is 0 Å². The highest BCUT2D eigenvalue weighted by atomic mass is 32.2. The molecule has 0 saturated carbocycles. The maximum Gasteiger partial charge on any atom is 0.323 e. The number of nitrogen functional groups attached to an aromatic ring is 1. The fraction of sp³-hybridized carbons (Fsp3) is 0.364. The van der Waals surface area contributed by atoms with Gasteiger partial charge in [-0.25, -0.2) is 13.1 Å². The predicted molar refractivity (Wildman–Crippen MR) is 68.1 cm³/mol. The van der Waals surface area contributed by atoms with E-state index >= 15 is 0 Å². The van der Waals surface area contributed by atoms with Crippen molar-refractivity contribution in [3.05, 3.63) is 29.8 Å². The molecule has 0 spiro atoms. The van der Waals surface area contributed by atoms with E-state index in [2.05, 4.69) is 9.46 Å². The molecule has 1 rings (SSSR count). The summed E-state index contributed by atoms with van der Waals surface area (Å²) >= 11 is 0. The van der Waals surface area contributed by atoms with Crippen molar-refractivity contribution in [1.29, 1.82) is 0 Å². The maximum atomic E-state index is 11.8. The van der Waals surface area contributed by atoms with Crippen molar-refractivity contribution >= 4 is 21.7 Å². The zero-order valence-electron chi connectivity index (χ0n) is 10.2. The van der Waals surface area contributed by atoms with Gasteiger partial charge in [-0.1, -0.05) is 12.1 Å². The molecule has 0 aliphatic heterocycles. The van der Waals surface area contributed by atoms with Crippen LogP contribution in [-0.2, 0) is 25.3 Å². The van der Waals surface area contributed by atoms with Crippen LogP contribution in [0.1, 0.15) is 12.5 Å². The zero-order valence-corrected chi connectivity index (χ0v) is 11.0. The number of carbonyl (C=O) groups excluding carboxylic acids is 1. The number of ether oxygens (including phenoxy) is 1. The van der Waals surface area contributed by atoms with Crippen molar-refractivity contribution in [1.82, 2.24) is 4.72 Å². The third-order valence-electron chi connectivity index (χ3n) is 2.22. The fourth-order valence-corrected chi connectivity index (χ4v) is 2.77. The van der Waals surface area contributed by atoms with E-state index in [1.807, 2.05) is 0 Å². The van der Waals surface area contributed by atoms with Gasteiger partial charge in [0.15, 0.2) is 0 Å². The Hall–Kier alpha value is -1.60. The average molecular weight is 272 g/mol. The van der Waals surface area contributed by atoms with Crippen molar-refractivity contribution in [3.8, 4) is 0 Å². The van der Waals surface area contributed by atoms with Gasteiger partial charge < -0.3 is 10.5 Å². The van der Waals surface area contributed by atoms with Gasteiger partial charge in [-0.05, 0) is 24.6 Å². The number of rotatable bonds is 5. The topological polar surface area (TPSA) is 98.5 Å². The molecule has 18 heavy (non-hydrogen) atoms. The lowest BCUT2D eigenvalue weighted by atomic mass is 10.2. The van der Waals surface area contributed by atoms with Gasteiger partial charge in [-0.2, -0.15) is 0 Å². The molecule has 1 aromatic carbocycles. The quantitative estimate of drug-likeness (QED) is 0.591. The molecule has 0 aliphatic rings. The van der Waals surface area contributed by atoms with Gasteiger partial charge in [0, 0.05) is 5.69 Å². The monoisotopic (exact) mass is 272 g/mol. The first kappa shape index (κ1) is 14.5. The fourth-order valence-electron chi connectivity index (χ4n) is 1.44. The summed E-state index contributed by atoms with van der Waals surface area (Å²) in [6.45, 7) is 1.42. The molecule has 1 aromatic rings. The van der Waals surface area contributed by atoms with Gasteiger partial charge in [0.25, 0.3) is 0 Å². The van der Waals surface area contributed by atoms with E-state index in [-0.39, 0.29) is 5.75 Å². The number of anilines is 1. The highest BCUT2D eigenvalue weighted by Gasteiger charge is 2.20. The maximum absolute atomic E-state index is 11.8. The lowest BCUT2D eigenvalue weighted by Gasteiger charge is -2.12. The van der Waals surface area contributed by atoms with Crippen LogP contribution >= 0.6 is 0 Å². The van der Waals surface area contributed by atoms with Gasteiger partial charge >= 0.3 is 5.97 Å². The van der Waals surface area contributed by atoms with Crippen LogP contribution in [0.15, 0.2) is 24.3 Å². The molecule has 100 valence electrons. The molecule has 0 aliphatic carbocycles. The van der Waals surface area contributed by atoms with E-state index in [9.17, 15) is 13.2 Å². The van der Waals surface area contributed by atoms with E-state index in [0.29, 0.717) is 11.3 Å². The normalized spacial score (nSPS) is 13.0.